The largest absolute Gasteiger partial charge is 0.353 e. The van der Waals surface area contributed by atoms with Crippen molar-refractivity contribution in [2.75, 3.05) is 13.1 Å². The Morgan fingerprint density at radius 3 is 3.00 bits per heavy atom. The fraction of sp³-hybridized carbons (Fsp3) is 0.462. The third-order valence-corrected chi connectivity index (χ3v) is 3.71. The highest BCUT2D eigenvalue weighted by Crippen LogP contribution is 2.19. The Hall–Kier alpha value is -0.940. The molecule has 1 saturated heterocycles. The fourth-order valence-electron chi connectivity index (χ4n) is 2.26. The highest BCUT2D eigenvalue weighted by molar-refractivity contribution is 9.10. The molecule has 1 aromatic carbocycles. The SMILES string of the molecule is CCC1C(=O)NCCN1Cc1ccc(Br)cc1F. The van der Waals surface area contributed by atoms with E-state index in [1.807, 2.05) is 17.9 Å². The molecule has 98 valence electrons. The van der Waals surface area contributed by atoms with Crippen molar-refractivity contribution >= 4 is 21.8 Å². The van der Waals surface area contributed by atoms with E-state index >= 15 is 0 Å². The van der Waals surface area contributed by atoms with E-state index in [9.17, 15) is 9.18 Å². The average Bonchev–Trinajstić information content (AvgIpc) is 2.33. The number of halogens is 2. The Morgan fingerprint density at radius 1 is 1.56 bits per heavy atom. The molecule has 2 rings (SSSR count). The van der Waals surface area contributed by atoms with E-state index < -0.39 is 0 Å². The predicted octanol–water partition coefficient (Wildman–Crippen LogP) is 2.30. The van der Waals surface area contributed by atoms with Gasteiger partial charge in [-0.3, -0.25) is 9.69 Å². The van der Waals surface area contributed by atoms with Gasteiger partial charge in [-0.25, -0.2) is 4.39 Å². The number of hydrogen-bond donors (Lipinski definition) is 1. The Bertz CT molecular complexity index is 453. The molecule has 1 atom stereocenters. The second-order valence-electron chi connectivity index (χ2n) is 4.42. The van der Waals surface area contributed by atoms with Gasteiger partial charge >= 0.3 is 0 Å². The van der Waals surface area contributed by atoms with Crippen LogP contribution in [0.1, 0.15) is 18.9 Å². The molecule has 1 aromatic rings. The summed E-state index contributed by atoms with van der Waals surface area (Å²) in [6.45, 7) is 3.85. The van der Waals surface area contributed by atoms with Crippen molar-refractivity contribution in [2.24, 2.45) is 0 Å². The van der Waals surface area contributed by atoms with E-state index in [0.29, 0.717) is 18.7 Å². The standard InChI is InChI=1S/C13H16BrFN2O/c1-2-12-13(18)16-5-6-17(12)8-9-3-4-10(14)7-11(9)15/h3-4,7,12H,2,5-6,8H2,1H3,(H,16,18). The zero-order valence-corrected chi connectivity index (χ0v) is 11.8. The summed E-state index contributed by atoms with van der Waals surface area (Å²) in [6.07, 6.45) is 0.740. The van der Waals surface area contributed by atoms with Crippen LogP contribution in [-0.4, -0.2) is 29.9 Å². The van der Waals surface area contributed by atoms with Crippen LogP contribution in [0.4, 0.5) is 4.39 Å². The molecule has 18 heavy (non-hydrogen) atoms. The molecule has 0 aromatic heterocycles. The molecule has 0 radical (unpaired) electrons. The van der Waals surface area contributed by atoms with Gasteiger partial charge in [-0.2, -0.15) is 0 Å². The van der Waals surface area contributed by atoms with Crippen LogP contribution in [0.5, 0.6) is 0 Å². The summed E-state index contributed by atoms with van der Waals surface area (Å²) in [6, 6.07) is 4.89. The number of piperazine rings is 1. The smallest absolute Gasteiger partial charge is 0.237 e. The maximum atomic E-state index is 13.8. The maximum Gasteiger partial charge on any atom is 0.237 e. The molecule has 1 fully saturated rings. The quantitative estimate of drug-likeness (QED) is 0.928. The second kappa shape index (κ2) is 5.80. The van der Waals surface area contributed by atoms with Gasteiger partial charge in [0.25, 0.3) is 0 Å². The molecular weight excluding hydrogens is 299 g/mol. The number of hydrogen-bond acceptors (Lipinski definition) is 2. The number of benzene rings is 1. The Morgan fingerprint density at radius 2 is 2.33 bits per heavy atom. The van der Waals surface area contributed by atoms with Crippen LogP contribution in [0.15, 0.2) is 22.7 Å². The average molecular weight is 315 g/mol. The lowest BCUT2D eigenvalue weighted by atomic mass is 10.1. The van der Waals surface area contributed by atoms with Crippen LogP contribution < -0.4 is 5.32 Å². The van der Waals surface area contributed by atoms with E-state index in [-0.39, 0.29) is 17.8 Å². The van der Waals surface area contributed by atoms with Crippen LogP contribution in [0.2, 0.25) is 0 Å². The first-order chi connectivity index (χ1) is 8.61. The molecule has 1 aliphatic heterocycles. The number of rotatable bonds is 3. The van der Waals surface area contributed by atoms with E-state index in [0.717, 1.165) is 17.4 Å². The third kappa shape index (κ3) is 2.90. The van der Waals surface area contributed by atoms with Crippen LogP contribution in [0.25, 0.3) is 0 Å². The number of amides is 1. The Labute approximate surface area is 114 Å². The molecule has 1 N–H and O–H groups in total. The first kappa shape index (κ1) is 13.5. The number of carbonyl (C=O) groups excluding carboxylic acids is 1. The van der Waals surface area contributed by atoms with Gasteiger partial charge in [0.2, 0.25) is 5.91 Å². The van der Waals surface area contributed by atoms with Crippen molar-refractivity contribution in [1.82, 2.24) is 10.2 Å². The van der Waals surface area contributed by atoms with Gasteiger partial charge in [0, 0.05) is 29.7 Å². The lowest BCUT2D eigenvalue weighted by molar-refractivity contribution is -0.129. The molecule has 1 heterocycles. The summed E-state index contributed by atoms with van der Waals surface area (Å²) < 4.78 is 14.5. The molecule has 5 heteroatoms. The lowest BCUT2D eigenvalue weighted by Gasteiger charge is -2.34. The van der Waals surface area contributed by atoms with Crippen molar-refractivity contribution in [3.8, 4) is 0 Å². The molecule has 0 spiro atoms. The van der Waals surface area contributed by atoms with Crippen molar-refractivity contribution < 1.29 is 9.18 Å². The predicted molar refractivity (Wildman–Crippen MR) is 71.6 cm³/mol. The molecule has 1 aliphatic rings. The van der Waals surface area contributed by atoms with Crippen molar-refractivity contribution in [3.05, 3.63) is 34.1 Å². The summed E-state index contributed by atoms with van der Waals surface area (Å²) in [5, 5.41) is 2.84. The minimum atomic E-state index is -0.231. The fourth-order valence-corrected chi connectivity index (χ4v) is 2.60. The van der Waals surface area contributed by atoms with Gasteiger partial charge in [-0.05, 0) is 18.6 Å². The number of carbonyl (C=O) groups is 1. The topological polar surface area (TPSA) is 32.3 Å². The van der Waals surface area contributed by atoms with Gasteiger partial charge < -0.3 is 5.32 Å². The molecule has 3 nitrogen and oxygen atoms in total. The van der Waals surface area contributed by atoms with Gasteiger partial charge in [0.1, 0.15) is 5.82 Å². The van der Waals surface area contributed by atoms with Gasteiger partial charge in [-0.1, -0.05) is 28.9 Å². The second-order valence-corrected chi connectivity index (χ2v) is 5.34. The zero-order valence-electron chi connectivity index (χ0n) is 10.2. The minimum absolute atomic E-state index is 0.0428. The number of nitrogens with zero attached hydrogens (tertiary/aromatic N) is 1. The zero-order chi connectivity index (χ0) is 13.1. The summed E-state index contributed by atoms with van der Waals surface area (Å²) in [7, 11) is 0. The highest BCUT2D eigenvalue weighted by atomic mass is 79.9. The van der Waals surface area contributed by atoms with E-state index in [1.165, 1.54) is 6.07 Å². The van der Waals surface area contributed by atoms with Gasteiger partial charge in [0.15, 0.2) is 0 Å². The van der Waals surface area contributed by atoms with Crippen molar-refractivity contribution in [2.45, 2.75) is 25.9 Å². The van der Waals surface area contributed by atoms with Crippen LogP contribution in [0.3, 0.4) is 0 Å². The van der Waals surface area contributed by atoms with Crippen molar-refractivity contribution in [3.63, 3.8) is 0 Å². The highest BCUT2D eigenvalue weighted by Gasteiger charge is 2.28. The van der Waals surface area contributed by atoms with Crippen LogP contribution in [-0.2, 0) is 11.3 Å². The van der Waals surface area contributed by atoms with E-state index in [1.54, 1.807) is 6.07 Å². The van der Waals surface area contributed by atoms with Crippen LogP contribution >= 0.6 is 15.9 Å². The summed E-state index contributed by atoms with van der Waals surface area (Å²) in [4.78, 5) is 13.7. The third-order valence-electron chi connectivity index (χ3n) is 3.22. The molecule has 0 saturated carbocycles. The molecular formula is C13H16BrFN2O. The summed E-state index contributed by atoms with van der Waals surface area (Å²) in [5.74, 6) is -0.188. The maximum absolute atomic E-state index is 13.8. The molecule has 0 bridgehead atoms. The van der Waals surface area contributed by atoms with Crippen molar-refractivity contribution in [1.29, 1.82) is 0 Å². The van der Waals surface area contributed by atoms with Gasteiger partial charge in [-0.15, -0.1) is 0 Å². The Balaban J connectivity index is 2.14. The summed E-state index contributed by atoms with van der Waals surface area (Å²) in [5.41, 5.74) is 0.631. The summed E-state index contributed by atoms with van der Waals surface area (Å²) >= 11 is 3.24. The number of nitrogens with one attached hydrogen (secondary N) is 1. The first-order valence-electron chi connectivity index (χ1n) is 6.07. The van der Waals surface area contributed by atoms with E-state index in [2.05, 4.69) is 21.2 Å². The van der Waals surface area contributed by atoms with E-state index in [4.69, 9.17) is 0 Å². The van der Waals surface area contributed by atoms with Gasteiger partial charge in [0.05, 0.1) is 6.04 Å². The molecule has 1 amide bonds. The Kier molecular flexibility index (Phi) is 4.35. The molecule has 0 aliphatic carbocycles. The normalized spacial score (nSPS) is 20.8. The minimum Gasteiger partial charge on any atom is -0.353 e. The monoisotopic (exact) mass is 314 g/mol. The van der Waals surface area contributed by atoms with Crippen LogP contribution in [0, 0.1) is 5.82 Å². The lowest BCUT2D eigenvalue weighted by Crippen LogP contribution is -2.54. The first-order valence-corrected chi connectivity index (χ1v) is 6.86. The molecule has 1 unspecified atom stereocenters.